The molecule has 4 aliphatic carbocycles. The summed E-state index contributed by atoms with van der Waals surface area (Å²) in [5.74, 6) is 2.34. The number of carbonyl (C=O) groups is 1. The van der Waals surface area contributed by atoms with Gasteiger partial charge in [-0.2, -0.15) is 0 Å². The molecule has 2 nitrogen and oxygen atoms in total. The molecular weight excluding hydrogens is 272 g/mol. The van der Waals surface area contributed by atoms with E-state index in [0.29, 0.717) is 23.5 Å². The molecule has 3 saturated carbocycles. The van der Waals surface area contributed by atoms with E-state index in [1.54, 1.807) is 5.57 Å². The summed E-state index contributed by atoms with van der Waals surface area (Å²) >= 11 is 0. The number of hydrogen-bond donors (Lipinski definition) is 1. The van der Waals surface area contributed by atoms with Gasteiger partial charge in [0.1, 0.15) is 5.78 Å². The number of allylic oxidation sites excluding steroid dienone is 2. The first-order valence-electron chi connectivity index (χ1n) is 9.22. The van der Waals surface area contributed by atoms with Crippen LogP contribution in [0.2, 0.25) is 0 Å². The van der Waals surface area contributed by atoms with Gasteiger partial charge < -0.3 is 5.11 Å². The maximum absolute atomic E-state index is 11.9. The lowest BCUT2D eigenvalue weighted by atomic mass is 9.48. The molecule has 0 aliphatic heterocycles. The molecule has 22 heavy (non-hydrogen) atoms. The molecule has 0 bridgehead atoms. The summed E-state index contributed by atoms with van der Waals surface area (Å²) < 4.78 is 0. The van der Waals surface area contributed by atoms with E-state index in [9.17, 15) is 9.90 Å². The van der Waals surface area contributed by atoms with Crippen molar-refractivity contribution in [3.63, 3.8) is 0 Å². The van der Waals surface area contributed by atoms with Crippen LogP contribution < -0.4 is 0 Å². The summed E-state index contributed by atoms with van der Waals surface area (Å²) in [7, 11) is 0. The average molecular weight is 302 g/mol. The number of rotatable bonds is 0. The molecule has 0 unspecified atom stereocenters. The van der Waals surface area contributed by atoms with Crippen molar-refractivity contribution in [3.05, 3.63) is 11.6 Å². The van der Waals surface area contributed by atoms with Gasteiger partial charge in [0.15, 0.2) is 0 Å². The summed E-state index contributed by atoms with van der Waals surface area (Å²) in [5, 5.41) is 10.9. The summed E-state index contributed by atoms with van der Waals surface area (Å²) in [6, 6.07) is 0. The Balaban J connectivity index is 1.72. The van der Waals surface area contributed by atoms with Crippen molar-refractivity contribution < 1.29 is 9.90 Å². The number of hydrogen-bond acceptors (Lipinski definition) is 2. The fourth-order valence-corrected chi connectivity index (χ4v) is 6.55. The van der Waals surface area contributed by atoms with Gasteiger partial charge in [-0.05, 0) is 68.6 Å². The lowest BCUT2D eigenvalue weighted by molar-refractivity contribution is -0.125. The van der Waals surface area contributed by atoms with Gasteiger partial charge in [-0.15, -0.1) is 0 Å². The highest BCUT2D eigenvalue weighted by Crippen LogP contribution is 2.65. The van der Waals surface area contributed by atoms with Gasteiger partial charge >= 0.3 is 0 Å². The van der Waals surface area contributed by atoms with Crippen LogP contribution in [0.15, 0.2) is 11.6 Å². The first-order chi connectivity index (χ1) is 10.3. The van der Waals surface area contributed by atoms with Crippen LogP contribution in [-0.4, -0.2) is 16.5 Å². The molecule has 6 atom stereocenters. The average Bonchev–Trinajstić information content (AvgIpc) is 2.70. The SMILES string of the molecule is C[C@]12CCC(=O)C[C@@H]1CC[C@@H]1C2=CC[C@]2(C)[C@H]1CC[C@@]2(C)O. The number of aliphatic hydroxyl groups is 1. The van der Waals surface area contributed by atoms with Crippen LogP contribution in [0, 0.1) is 28.6 Å². The van der Waals surface area contributed by atoms with Crippen molar-refractivity contribution in [1.29, 1.82) is 0 Å². The smallest absolute Gasteiger partial charge is 0.133 e. The Kier molecular flexibility index (Phi) is 3.03. The normalized spacial score (nSPS) is 54.3. The lowest BCUT2D eigenvalue weighted by Crippen LogP contribution is -2.51. The van der Waals surface area contributed by atoms with Crippen molar-refractivity contribution in [2.24, 2.45) is 28.6 Å². The minimum Gasteiger partial charge on any atom is -0.390 e. The van der Waals surface area contributed by atoms with Gasteiger partial charge in [-0.25, -0.2) is 0 Å². The quantitative estimate of drug-likeness (QED) is 0.679. The maximum Gasteiger partial charge on any atom is 0.133 e. The van der Waals surface area contributed by atoms with Crippen LogP contribution in [0.4, 0.5) is 0 Å². The molecule has 0 spiro atoms. The molecule has 0 radical (unpaired) electrons. The maximum atomic E-state index is 11.9. The molecule has 3 fully saturated rings. The highest BCUT2D eigenvalue weighted by atomic mass is 16.3. The zero-order valence-corrected chi connectivity index (χ0v) is 14.3. The van der Waals surface area contributed by atoms with E-state index < -0.39 is 5.60 Å². The van der Waals surface area contributed by atoms with Gasteiger partial charge in [0.25, 0.3) is 0 Å². The summed E-state index contributed by atoms with van der Waals surface area (Å²) in [6.45, 7) is 6.80. The van der Waals surface area contributed by atoms with Gasteiger partial charge in [0.05, 0.1) is 5.60 Å². The highest BCUT2D eigenvalue weighted by molar-refractivity contribution is 5.80. The summed E-state index contributed by atoms with van der Waals surface area (Å²) in [4.78, 5) is 11.9. The fraction of sp³-hybridized carbons (Fsp3) is 0.850. The van der Waals surface area contributed by atoms with E-state index in [4.69, 9.17) is 0 Å². The topological polar surface area (TPSA) is 37.3 Å². The van der Waals surface area contributed by atoms with E-state index in [-0.39, 0.29) is 10.8 Å². The van der Waals surface area contributed by atoms with Crippen LogP contribution in [0.5, 0.6) is 0 Å². The molecule has 0 saturated heterocycles. The Labute approximate surface area is 134 Å². The molecule has 0 aromatic heterocycles. The van der Waals surface area contributed by atoms with Gasteiger partial charge in [0.2, 0.25) is 0 Å². The Hall–Kier alpha value is -0.630. The van der Waals surface area contributed by atoms with Crippen molar-refractivity contribution in [2.45, 2.75) is 77.7 Å². The van der Waals surface area contributed by atoms with Gasteiger partial charge in [-0.3, -0.25) is 4.79 Å². The Morgan fingerprint density at radius 2 is 1.91 bits per heavy atom. The molecule has 4 rings (SSSR count). The Morgan fingerprint density at radius 1 is 1.14 bits per heavy atom. The van der Waals surface area contributed by atoms with E-state index in [2.05, 4.69) is 26.8 Å². The molecule has 0 amide bonds. The van der Waals surface area contributed by atoms with E-state index in [0.717, 1.165) is 32.1 Å². The van der Waals surface area contributed by atoms with Crippen LogP contribution in [0.3, 0.4) is 0 Å². The van der Waals surface area contributed by atoms with Gasteiger partial charge in [-0.1, -0.05) is 25.5 Å². The van der Waals surface area contributed by atoms with Crippen LogP contribution in [-0.2, 0) is 4.79 Å². The second-order valence-corrected chi connectivity index (χ2v) is 9.24. The predicted octanol–water partition coefficient (Wildman–Crippen LogP) is 4.27. The minimum atomic E-state index is -0.514. The fourth-order valence-electron chi connectivity index (χ4n) is 6.55. The molecule has 0 heterocycles. The van der Waals surface area contributed by atoms with Crippen molar-refractivity contribution in [2.75, 3.05) is 0 Å². The van der Waals surface area contributed by atoms with E-state index in [1.807, 2.05) is 0 Å². The number of carbonyl (C=O) groups excluding carboxylic acids is 1. The lowest BCUT2D eigenvalue weighted by Gasteiger charge is -2.56. The second kappa shape index (κ2) is 4.47. The number of fused-ring (bicyclic) bond motifs is 5. The third-order valence-corrected chi connectivity index (χ3v) is 8.41. The number of Topliss-reactive ketones (excluding diaryl/α,β-unsaturated/α-hetero) is 1. The molecule has 2 heteroatoms. The zero-order chi connectivity index (χ0) is 15.8. The molecule has 122 valence electrons. The van der Waals surface area contributed by atoms with Crippen molar-refractivity contribution in [1.82, 2.24) is 0 Å². The van der Waals surface area contributed by atoms with E-state index >= 15 is 0 Å². The molecule has 1 N–H and O–H groups in total. The first-order valence-corrected chi connectivity index (χ1v) is 9.22. The van der Waals surface area contributed by atoms with Crippen molar-refractivity contribution >= 4 is 5.78 Å². The highest BCUT2D eigenvalue weighted by Gasteiger charge is 2.60. The second-order valence-electron chi connectivity index (χ2n) is 9.24. The van der Waals surface area contributed by atoms with Crippen LogP contribution >= 0.6 is 0 Å². The third kappa shape index (κ3) is 1.74. The van der Waals surface area contributed by atoms with Gasteiger partial charge in [0, 0.05) is 18.3 Å². The zero-order valence-electron chi connectivity index (χ0n) is 14.3. The largest absolute Gasteiger partial charge is 0.390 e. The van der Waals surface area contributed by atoms with Crippen molar-refractivity contribution in [3.8, 4) is 0 Å². The summed E-state index contributed by atoms with van der Waals surface area (Å²) in [5.41, 5.74) is 1.46. The standard InChI is InChI=1S/C20H30O2/c1-18-9-6-14(21)12-13(18)4-5-15-16(18)7-10-19(2)17(15)8-11-20(19,3)22/h7,13,15,17,22H,4-6,8-12H2,1-3H3/t13-,15+,17-,18-,19+,20+/m0/s1. The van der Waals surface area contributed by atoms with Crippen LogP contribution in [0.1, 0.15) is 72.1 Å². The molecule has 4 aliphatic rings. The Morgan fingerprint density at radius 3 is 2.68 bits per heavy atom. The Bertz CT molecular complexity index is 546. The van der Waals surface area contributed by atoms with Crippen LogP contribution in [0.25, 0.3) is 0 Å². The van der Waals surface area contributed by atoms with E-state index in [1.165, 1.54) is 19.3 Å². The number of ketones is 1. The minimum absolute atomic E-state index is 0.0504. The molecular formula is C20H30O2. The predicted molar refractivity (Wildman–Crippen MR) is 87.3 cm³/mol. The first kappa shape index (κ1) is 14.9. The third-order valence-electron chi connectivity index (χ3n) is 8.41. The molecule has 0 aromatic carbocycles. The monoisotopic (exact) mass is 302 g/mol. The summed E-state index contributed by atoms with van der Waals surface area (Å²) in [6.07, 6.45) is 10.7. The molecule has 0 aromatic rings.